The zero-order valence-corrected chi connectivity index (χ0v) is 32.7. The summed E-state index contributed by atoms with van der Waals surface area (Å²) in [6.45, 7) is 8.73. The van der Waals surface area contributed by atoms with Crippen LogP contribution in [0.3, 0.4) is 0 Å². The molecular weight excluding hydrogens is 700 g/mol. The third-order valence-corrected chi connectivity index (χ3v) is 9.73. The molecule has 0 N–H and O–H groups in total. The number of fused-ring (bicyclic) bond motifs is 2. The Bertz CT molecular complexity index is 2140. The van der Waals surface area contributed by atoms with Crippen LogP contribution in [-0.4, -0.2) is 0 Å². The molecule has 3 heteroatoms. The van der Waals surface area contributed by atoms with Gasteiger partial charge in [-0.2, -0.15) is 0 Å². The summed E-state index contributed by atoms with van der Waals surface area (Å²) in [4.78, 5) is 0. The molecule has 2 nitrogen and oxygen atoms in total. The van der Waals surface area contributed by atoms with Gasteiger partial charge in [0, 0.05) is 12.8 Å². The van der Waals surface area contributed by atoms with Gasteiger partial charge < -0.3 is 8.83 Å². The van der Waals surface area contributed by atoms with Gasteiger partial charge in [0.15, 0.2) is 0 Å². The largest absolute Gasteiger partial charge is 2.00 e. The van der Waals surface area contributed by atoms with Crippen LogP contribution in [0.25, 0.3) is 66.4 Å². The molecule has 0 aliphatic heterocycles. The van der Waals surface area contributed by atoms with Crippen LogP contribution in [0.4, 0.5) is 0 Å². The first kappa shape index (κ1) is 36.3. The second kappa shape index (κ2) is 16.7. The van der Waals surface area contributed by atoms with E-state index >= 15 is 0 Å². The number of benzene rings is 4. The van der Waals surface area contributed by atoms with Crippen LogP contribution >= 0.6 is 0 Å². The molecule has 0 saturated carbocycles. The van der Waals surface area contributed by atoms with E-state index in [1.54, 1.807) is 0 Å². The van der Waals surface area contributed by atoms with Gasteiger partial charge in [-0.25, -0.2) is 0 Å². The van der Waals surface area contributed by atoms with Crippen molar-refractivity contribution in [3.8, 4) is 44.9 Å². The van der Waals surface area contributed by atoms with Crippen molar-refractivity contribution in [3.63, 3.8) is 0 Å². The van der Waals surface area contributed by atoms with Gasteiger partial charge in [0.05, 0.1) is 23.0 Å². The molecule has 0 radical (unpaired) electrons. The molecule has 0 spiro atoms. The van der Waals surface area contributed by atoms with E-state index in [4.69, 9.17) is 8.83 Å². The second-order valence-corrected chi connectivity index (χ2v) is 13.2. The molecule has 2 heterocycles. The Balaban J connectivity index is 0.000000172. The summed E-state index contributed by atoms with van der Waals surface area (Å²) in [5.74, 6) is 4.06. The van der Waals surface area contributed by atoms with Crippen LogP contribution in [-0.2, 0) is 51.9 Å². The van der Waals surface area contributed by atoms with E-state index in [-0.39, 0.29) is 26.2 Å². The van der Waals surface area contributed by atoms with Gasteiger partial charge in [0.1, 0.15) is 0 Å². The van der Waals surface area contributed by atoms with Crippen LogP contribution in [0.5, 0.6) is 0 Å². The first-order valence-corrected chi connectivity index (χ1v) is 18.3. The molecule has 0 atom stereocenters. The van der Waals surface area contributed by atoms with Gasteiger partial charge in [0.2, 0.25) is 0 Å². The zero-order chi connectivity index (χ0) is 34.5. The van der Waals surface area contributed by atoms with Crippen LogP contribution in [0.1, 0.15) is 63.2 Å². The maximum atomic E-state index is 6.02. The SMILES string of the molecule is CCCc1ccc(-c2cc3c(-c4ccc(CC)cc4)cccc3[cH-]2)o1.CCCc1ccc(-c2cc3c(-c4ccc(CC)cc4)cccc3[cH-]2)o1.[Zr+2]. The van der Waals surface area contributed by atoms with E-state index in [1.165, 1.54) is 54.9 Å². The molecule has 0 unspecified atom stereocenters. The minimum Gasteiger partial charge on any atom is -0.496 e. The topological polar surface area (TPSA) is 26.3 Å². The molecule has 0 fully saturated rings. The Kier molecular flexibility index (Phi) is 11.9. The fraction of sp³-hybridized carbons (Fsp3) is 0.208. The molecular formula is C48H46O2Zr. The van der Waals surface area contributed by atoms with Crippen LogP contribution in [0.15, 0.2) is 142 Å². The third kappa shape index (κ3) is 8.05. The van der Waals surface area contributed by atoms with Crippen molar-refractivity contribution in [2.24, 2.45) is 0 Å². The Hall–Kier alpha value is -4.46. The van der Waals surface area contributed by atoms with E-state index in [0.717, 1.165) is 72.7 Å². The fourth-order valence-corrected chi connectivity index (χ4v) is 6.93. The van der Waals surface area contributed by atoms with E-state index in [9.17, 15) is 0 Å². The summed E-state index contributed by atoms with van der Waals surface area (Å²) >= 11 is 0. The number of furan rings is 2. The molecule has 2 aromatic heterocycles. The van der Waals surface area contributed by atoms with Crippen molar-refractivity contribution in [1.82, 2.24) is 0 Å². The smallest absolute Gasteiger partial charge is 0.496 e. The van der Waals surface area contributed by atoms with Gasteiger partial charge in [-0.15, -0.1) is 57.9 Å². The van der Waals surface area contributed by atoms with E-state index in [0.29, 0.717) is 0 Å². The van der Waals surface area contributed by atoms with Crippen molar-refractivity contribution >= 4 is 21.5 Å². The number of hydrogen-bond donors (Lipinski definition) is 0. The first-order valence-electron chi connectivity index (χ1n) is 18.3. The maximum Gasteiger partial charge on any atom is 2.00 e. The molecule has 0 amide bonds. The normalized spacial score (nSPS) is 11.1. The van der Waals surface area contributed by atoms with Crippen LogP contribution in [0.2, 0.25) is 0 Å². The summed E-state index contributed by atoms with van der Waals surface area (Å²) in [6, 6.07) is 48.2. The number of rotatable bonds is 10. The van der Waals surface area contributed by atoms with Crippen molar-refractivity contribution in [1.29, 1.82) is 0 Å². The van der Waals surface area contributed by atoms with Crippen molar-refractivity contribution in [2.45, 2.75) is 66.2 Å². The van der Waals surface area contributed by atoms with E-state index in [2.05, 4.69) is 161 Å². The standard InChI is InChI=1S/2C24H23O.Zr/c2*1-3-6-21-13-14-24(25-21)20-15-19-7-5-8-22(23(19)16-20)18-11-9-17(4-2)10-12-18;/h2*5,7-16H,3-4,6H2,1-2H3;/q2*-1;+2. The molecule has 254 valence electrons. The average Bonchev–Trinajstić information content (AvgIpc) is 3.98. The van der Waals surface area contributed by atoms with Crippen LogP contribution < -0.4 is 0 Å². The summed E-state index contributed by atoms with van der Waals surface area (Å²) in [7, 11) is 0. The van der Waals surface area contributed by atoms with Gasteiger partial charge in [-0.1, -0.05) is 123 Å². The van der Waals surface area contributed by atoms with Gasteiger partial charge in [-0.05, 0) is 72.2 Å². The zero-order valence-electron chi connectivity index (χ0n) is 30.3. The van der Waals surface area contributed by atoms with Gasteiger partial charge in [0.25, 0.3) is 0 Å². The maximum absolute atomic E-state index is 6.02. The summed E-state index contributed by atoms with van der Waals surface area (Å²) in [5.41, 5.74) is 10.2. The molecule has 0 saturated heterocycles. The van der Waals surface area contributed by atoms with Gasteiger partial charge >= 0.3 is 26.2 Å². The van der Waals surface area contributed by atoms with Crippen molar-refractivity contribution < 1.29 is 35.0 Å². The second-order valence-electron chi connectivity index (χ2n) is 13.2. The third-order valence-electron chi connectivity index (χ3n) is 9.73. The molecule has 0 aliphatic carbocycles. The molecule has 8 aromatic rings. The Morgan fingerprint density at radius 1 is 0.471 bits per heavy atom. The molecule has 6 aromatic carbocycles. The van der Waals surface area contributed by atoms with Crippen molar-refractivity contribution in [3.05, 3.63) is 156 Å². The molecule has 0 bridgehead atoms. The summed E-state index contributed by atoms with van der Waals surface area (Å²) < 4.78 is 12.0. The van der Waals surface area contributed by atoms with Crippen LogP contribution in [0, 0.1) is 0 Å². The minimum absolute atomic E-state index is 0. The fourth-order valence-electron chi connectivity index (χ4n) is 6.93. The summed E-state index contributed by atoms with van der Waals surface area (Å²) in [6.07, 6.45) is 6.35. The molecule has 8 rings (SSSR count). The van der Waals surface area contributed by atoms with E-state index in [1.807, 2.05) is 0 Å². The Morgan fingerprint density at radius 2 is 0.882 bits per heavy atom. The summed E-state index contributed by atoms with van der Waals surface area (Å²) in [5, 5.41) is 5.10. The Morgan fingerprint density at radius 3 is 1.25 bits per heavy atom. The number of hydrogen-bond acceptors (Lipinski definition) is 2. The molecule has 0 aliphatic rings. The quantitative estimate of drug-likeness (QED) is 0.130. The number of aryl methyl sites for hydroxylation is 4. The molecule has 51 heavy (non-hydrogen) atoms. The predicted octanol–water partition coefficient (Wildman–Crippen LogP) is 14.0. The predicted molar refractivity (Wildman–Crippen MR) is 212 cm³/mol. The average molecular weight is 746 g/mol. The van der Waals surface area contributed by atoms with E-state index < -0.39 is 0 Å². The Labute approximate surface area is 322 Å². The van der Waals surface area contributed by atoms with Gasteiger partial charge in [-0.3, -0.25) is 0 Å². The van der Waals surface area contributed by atoms with Crippen molar-refractivity contribution in [2.75, 3.05) is 0 Å². The monoisotopic (exact) mass is 744 g/mol. The minimum atomic E-state index is 0. The first-order chi connectivity index (χ1) is 24.6.